The smallest absolute Gasteiger partial charge is 0.230 e. The van der Waals surface area contributed by atoms with E-state index in [2.05, 4.69) is 37.2 Å². The number of amides is 2. The lowest BCUT2D eigenvalue weighted by molar-refractivity contribution is -0.138. The van der Waals surface area contributed by atoms with Crippen molar-refractivity contribution in [1.82, 2.24) is 5.32 Å². The second kappa shape index (κ2) is 5.89. The summed E-state index contributed by atoms with van der Waals surface area (Å²) < 4.78 is 2.03. The summed E-state index contributed by atoms with van der Waals surface area (Å²) in [5.41, 5.74) is 0. The normalized spacial score (nSPS) is 27.9. The van der Waals surface area contributed by atoms with Crippen molar-refractivity contribution in [3.05, 3.63) is 19.2 Å². The van der Waals surface area contributed by atoms with Crippen LogP contribution in [0.1, 0.15) is 42.9 Å². The van der Waals surface area contributed by atoms with Gasteiger partial charge in [-0.2, -0.15) is 0 Å². The molecule has 0 spiro atoms. The molecule has 0 bridgehead atoms. The summed E-state index contributed by atoms with van der Waals surface area (Å²) in [4.78, 5) is 25.2. The zero-order valence-electron chi connectivity index (χ0n) is 10.8. The number of carbonyl (C=O) groups excluding carboxylic acids is 2. The van der Waals surface area contributed by atoms with Crippen LogP contribution in [0.5, 0.6) is 0 Å². The number of hydrogen-bond acceptors (Lipinski definition) is 3. The van der Waals surface area contributed by atoms with Gasteiger partial charge in [0.25, 0.3) is 0 Å². The summed E-state index contributed by atoms with van der Waals surface area (Å²) >= 11 is 8.62. The highest BCUT2D eigenvalue weighted by Gasteiger charge is 2.43. The molecule has 1 aliphatic carbocycles. The van der Waals surface area contributed by atoms with Crippen molar-refractivity contribution >= 4 is 55.0 Å². The summed E-state index contributed by atoms with van der Waals surface area (Å²) in [7, 11) is 0. The number of rotatable bonds is 2. The maximum atomic E-state index is 12.3. The summed E-state index contributed by atoms with van der Waals surface area (Å²) in [6, 6.07) is 2.05. The molecule has 108 valence electrons. The van der Waals surface area contributed by atoms with Crippen LogP contribution in [0.25, 0.3) is 0 Å². The number of hydrogen-bond donors (Lipinski definition) is 1. The van der Waals surface area contributed by atoms with Gasteiger partial charge in [-0.05, 0) is 56.7 Å². The lowest BCUT2D eigenvalue weighted by Crippen LogP contribution is -2.47. The molecule has 1 saturated carbocycles. The van der Waals surface area contributed by atoms with Crippen LogP contribution in [-0.4, -0.2) is 11.8 Å². The minimum Gasteiger partial charge on any atom is -0.296 e. The fourth-order valence-electron chi connectivity index (χ4n) is 3.46. The van der Waals surface area contributed by atoms with Crippen LogP contribution in [0.3, 0.4) is 0 Å². The first kappa shape index (κ1) is 14.7. The molecule has 0 aromatic carbocycles. The van der Waals surface area contributed by atoms with E-state index in [1.807, 2.05) is 6.07 Å². The highest BCUT2D eigenvalue weighted by molar-refractivity contribution is 9.13. The van der Waals surface area contributed by atoms with E-state index in [0.717, 1.165) is 26.0 Å². The van der Waals surface area contributed by atoms with Gasteiger partial charge in [-0.3, -0.25) is 14.9 Å². The molecule has 1 aromatic rings. The predicted octanol–water partition coefficient (Wildman–Crippen LogP) is 4.21. The minimum absolute atomic E-state index is 0.0342. The van der Waals surface area contributed by atoms with Crippen LogP contribution >= 0.6 is 43.2 Å². The van der Waals surface area contributed by atoms with Crippen LogP contribution in [0.4, 0.5) is 0 Å². The third kappa shape index (κ3) is 2.74. The van der Waals surface area contributed by atoms with E-state index < -0.39 is 0 Å². The van der Waals surface area contributed by atoms with Gasteiger partial charge in [0, 0.05) is 27.6 Å². The number of carbonyl (C=O) groups is 2. The van der Waals surface area contributed by atoms with E-state index in [9.17, 15) is 9.59 Å². The van der Waals surface area contributed by atoms with E-state index in [1.165, 1.54) is 12.8 Å². The lowest BCUT2D eigenvalue weighted by atomic mass is 9.75. The van der Waals surface area contributed by atoms with Gasteiger partial charge in [0.1, 0.15) is 0 Å². The van der Waals surface area contributed by atoms with Crippen LogP contribution in [0.15, 0.2) is 14.3 Å². The molecule has 3 rings (SSSR count). The number of halogens is 2. The Balaban J connectivity index is 1.94. The summed E-state index contributed by atoms with van der Waals surface area (Å²) in [6.45, 7) is 0. The monoisotopic (exact) mass is 419 g/mol. The van der Waals surface area contributed by atoms with E-state index in [-0.39, 0.29) is 23.7 Å². The minimum atomic E-state index is -0.144. The van der Waals surface area contributed by atoms with Crippen molar-refractivity contribution in [1.29, 1.82) is 0 Å². The molecule has 2 fully saturated rings. The topological polar surface area (TPSA) is 46.2 Å². The lowest BCUT2D eigenvalue weighted by Gasteiger charge is -2.33. The van der Waals surface area contributed by atoms with E-state index >= 15 is 0 Å². The Morgan fingerprint density at radius 1 is 1.20 bits per heavy atom. The van der Waals surface area contributed by atoms with Gasteiger partial charge in [-0.25, -0.2) is 0 Å². The van der Waals surface area contributed by atoms with Gasteiger partial charge in [0.2, 0.25) is 11.8 Å². The van der Waals surface area contributed by atoms with E-state index in [1.54, 1.807) is 11.3 Å². The molecule has 0 radical (unpaired) electrons. The van der Waals surface area contributed by atoms with Crippen molar-refractivity contribution in [2.24, 2.45) is 11.8 Å². The molecule has 2 heterocycles. The Hall–Kier alpha value is -0.200. The first-order valence-electron chi connectivity index (χ1n) is 6.84. The fourth-order valence-corrected chi connectivity index (χ4v) is 5.70. The first-order valence-corrected chi connectivity index (χ1v) is 9.25. The average Bonchev–Trinajstić information content (AvgIpc) is 2.99. The molecule has 2 unspecified atom stereocenters. The highest BCUT2D eigenvalue weighted by Crippen LogP contribution is 2.46. The maximum Gasteiger partial charge on any atom is 0.230 e. The highest BCUT2D eigenvalue weighted by atomic mass is 79.9. The molecule has 2 amide bonds. The SMILES string of the molecule is O=C1CC(c2cc(Br)c(Br)s2)C(C2CCCC2)C(=O)N1. The molecule has 1 N–H and O–H groups in total. The molecule has 20 heavy (non-hydrogen) atoms. The standard InChI is InChI=1S/C14H15Br2NO2S/c15-9-6-10(20-13(9)16)8-5-11(18)17-14(19)12(8)7-3-1-2-4-7/h6-8,12H,1-5H2,(H,17,18,19). The quantitative estimate of drug-likeness (QED) is 0.728. The first-order chi connectivity index (χ1) is 9.56. The van der Waals surface area contributed by atoms with Crippen LogP contribution in [0, 0.1) is 11.8 Å². The Bertz CT molecular complexity index is 532. The second-order valence-electron chi connectivity index (χ2n) is 5.56. The molecule has 2 aliphatic rings. The number of thiophene rings is 1. The number of imide groups is 1. The van der Waals surface area contributed by atoms with Crippen molar-refractivity contribution in [3.63, 3.8) is 0 Å². The molecule has 2 atom stereocenters. The predicted molar refractivity (Wildman–Crippen MR) is 85.7 cm³/mol. The largest absolute Gasteiger partial charge is 0.296 e. The van der Waals surface area contributed by atoms with Gasteiger partial charge in [-0.1, -0.05) is 12.8 Å². The second-order valence-corrected chi connectivity index (χ2v) is 8.82. The van der Waals surface area contributed by atoms with Crippen molar-refractivity contribution in [3.8, 4) is 0 Å². The van der Waals surface area contributed by atoms with E-state index in [4.69, 9.17) is 0 Å². The Labute approximate surface area is 138 Å². The van der Waals surface area contributed by atoms with Gasteiger partial charge >= 0.3 is 0 Å². The molecule has 6 heteroatoms. The maximum absolute atomic E-state index is 12.3. The Kier molecular flexibility index (Phi) is 4.34. The van der Waals surface area contributed by atoms with Gasteiger partial charge in [0.05, 0.1) is 3.79 Å². The van der Waals surface area contributed by atoms with E-state index in [0.29, 0.717) is 12.3 Å². The molecule has 3 nitrogen and oxygen atoms in total. The average molecular weight is 421 g/mol. The Morgan fingerprint density at radius 3 is 2.50 bits per heavy atom. The van der Waals surface area contributed by atoms with Gasteiger partial charge in [0.15, 0.2) is 0 Å². The number of nitrogens with one attached hydrogen (secondary N) is 1. The molecular formula is C14H15Br2NO2S. The zero-order chi connectivity index (χ0) is 14.3. The van der Waals surface area contributed by atoms with Crippen LogP contribution in [-0.2, 0) is 9.59 Å². The van der Waals surface area contributed by atoms with Crippen LogP contribution < -0.4 is 5.32 Å². The van der Waals surface area contributed by atoms with Crippen molar-refractivity contribution < 1.29 is 9.59 Å². The zero-order valence-corrected chi connectivity index (χ0v) is 14.8. The molecule has 1 aromatic heterocycles. The third-order valence-corrected chi connectivity index (χ3v) is 7.73. The van der Waals surface area contributed by atoms with Crippen molar-refractivity contribution in [2.75, 3.05) is 0 Å². The number of piperidine rings is 1. The van der Waals surface area contributed by atoms with Gasteiger partial charge < -0.3 is 0 Å². The fraction of sp³-hybridized carbons (Fsp3) is 0.571. The summed E-state index contributed by atoms with van der Waals surface area (Å²) in [6.07, 6.45) is 5.04. The molecule has 1 aliphatic heterocycles. The third-order valence-electron chi connectivity index (χ3n) is 4.34. The Morgan fingerprint density at radius 2 is 1.90 bits per heavy atom. The summed E-state index contributed by atoms with van der Waals surface area (Å²) in [5.74, 6) is 0.195. The molecular weight excluding hydrogens is 406 g/mol. The van der Waals surface area contributed by atoms with Crippen molar-refractivity contribution in [2.45, 2.75) is 38.0 Å². The molecule has 1 saturated heterocycles. The van der Waals surface area contributed by atoms with Gasteiger partial charge in [-0.15, -0.1) is 11.3 Å². The van der Waals surface area contributed by atoms with Crippen LogP contribution in [0.2, 0.25) is 0 Å². The summed E-state index contributed by atoms with van der Waals surface area (Å²) in [5, 5.41) is 2.53.